The minimum absolute atomic E-state index is 0.450. The number of hydrogen-bond donors (Lipinski definition) is 2. The van der Waals surface area contributed by atoms with Crippen LogP contribution in [0.3, 0.4) is 0 Å². The quantitative estimate of drug-likeness (QED) is 0.698. The molecule has 0 aliphatic carbocycles. The molecular weight excluding hydrogens is 200 g/mol. The van der Waals surface area contributed by atoms with Gasteiger partial charge in [0.2, 0.25) is 0 Å². The third kappa shape index (κ3) is 5.28. The summed E-state index contributed by atoms with van der Waals surface area (Å²) in [6.45, 7) is 9.60. The molecule has 16 heavy (non-hydrogen) atoms. The molecule has 0 aromatic heterocycles. The van der Waals surface area contributed by atoms with Crippen molar-refractivity contribution in [2.24, 2.45) is 17.1 Å². The smallest absolute Gasteiger partial charge is 0.0471 e. The number of hydrogen-bond acceptors (Lipinski definition) is 3. The topological polar surface area (TPSA) is 47.3 Å². The Hall–Kier alpha value is -0.120. The second kappa shape index (κ2) is 7.25. The first-order valence-corrected chi connectivity index (χ1v) is 6.65. The molecule has 1 atom stereocenters. The summed E-state index contributed by atoms with van der Waals surface area (Å²) in [5, 5.41) is 3.61. The van der Waals surface area contributed by atoms with Crippen LogP contribution in [0.15, 0.2) is 0 Å². The molecule has 0 amide bonds. The van der Waals surface area contributed by atoms with E-state index in [1.807, 2.05) is 0 Å². The van der Waals surface area contributed by atoms with E-state index >= 15 is 0 Å². The van der Waals surface area contributed by atoms with Crippen LogP contribution in [0.1, 0.15) is 39.5 Å². The Morgan fingerprint density at radius 2 is 2.06 bits per heavy atom. The highest BCUT2D eigenvalue weighted by molar-refractivity contribution is 4.79. The zero-order valence-electron chi connectivity index (χ0n) is 10.9. The lowest BCUT2D eigenvalue weighted by Crippen LogP contribution is -2.38. The average molecular weight is 228 g/mol. The summed E-state index contributed by atoms with van der Waals surface area (Å²) in [6, 6.07) is 0. The first kappa shape index (κ1) is 13.9. The van der Waals surface area contributed by atoms with Crippen LogP contribution in [0.4, 0.5) is 0 Å². The van der Waals surface area contributed by atoms with Gasteiger partial charge in [0.25, 0.3) is 0 Å². The van der Waals surface area contributed by atoms with Crippen molar-refractivity contribution in [3.8, 4) is 0 Å². The van der Waals surface area contributed by atoms with Gasteiger partial charge in [-0.05, 0) is 50.1 Å². The summed E-state index contributed by atoms with van der Waals surface area (Å²) < 4.78 is 5.40. The van der Waals surface area contributed by atoms with Crippen molar-refractivity contribution in [1.82, 2.24) is 5.32 Å². The van der Waals surface area contributed by atoms with E-state index in [9.17, 15) is 0 Å². The van der Waals surface area contributed by atoms with Crippen molar-refractivity contribution in [3.63, 3.8) is 0 Å². The Kier molecular flexibility index (Phi) is 6.32. The van der Waals surface area contributed by atoms with Crippen molar-refractivity contribution in [2.75, 3.05) is 32.8 Å². The van der Waals surface area contributed by atoms with Crippen molar-refractivity contribution in [2.45, 2.75) is 39.5 Å². The molecule has 0 radical (unpaired) electrons. The van der Waals surface area contributed by atoms with Gasteiger partial charge < -0.3 is 15.8 Å². The molecule has 1 rings (SSSR count). The van der Waals surface area contributed by atoms with E-state index in [1.54, 1.807) is 0 Å². The van der Waals surface area contributed by atoms with Gasteiger partial charge in [0.1, 0.15) is 0 Å². The van der Waals surface area contributed by atoms with Crippen LogP contribution in [-0.4, -0.2) is 32.8 Å². The molecule has 1 aliphatic heterocycles. The highest BCUT2D eigenvalue weighted by Crippen LogP contribution is 2.28. The molecule has 1 fully saturated rings. The predicted octanol–water partition coefficient (Wildman–Crippen LogP) is 1.77. The van der Waals surface area contributed by atoms with Gasteiger partial charge in [0.05, 0.1) is 0 Å². The number of nitrogens with one attached hydrogen (secondary N) is 1. The van der Waals surface area contributed by atoms with Crippen LogP contribution in [-0.2, 0) is 4.74 Å². The fourth-order valence-corrected chi connectivity index (χ4v) is 2.23. The van der Waals surface area contributed by atoms with Crippen molar-refractivity contribution in [1.29, 1.82) is 0 Å². The van der Waals surface area contributed by atoms with E-state index in [0.29, 0.717) is 5.41 Å². The molecule has 3 nitrogen and oxygen atoms in total. The van der Waals surface area contributed by atoms with Crippen LogP contribution >= 0.6 is 0 Å². The molecule has 0 saturated carbocycles. The molecule has 96 valence electrons. The van der Waals surface area contributed by atoms with E-state index in [0.717, 1.165) is 45.2 Å². The molecular formula is C13H28N2O. The molecule has 1 aliphatic rings. The molecule has 0 aromatic rings. The normalized spacial score (nSPS) is 21.9. The average Bonchev–Trinajstić information content (AvgIpc) is 2.27. The van der Waals surface area contributed by atoms with Crippen molar-refractivity contribution >= 4 is 0 Å². The molecule has 1 heterocycles. The van der Waals surface area contributed by atoms with Crippen LogP contribution < -0.4 is 11.1 Å². The number of ether oxygens (including phenoxy) is 1. The first-order valence-electron chi connectivity index (χ1n) is 6.65. The van der Waals surface area contributed by atoms with Crippen LogP contribution in [0.5, 0.6) is 0 Å². The van der Waals surface area contributed by atoms with Gasteiger partial charge in [-0.2, -0.15) is 0 Å². The predicted molar refractivity (Wildman–Crippen MR) is 68.5 cm³/mol. The summed E-state index contributed by atoms with van der Waals surface area (Å²) >= 11 is 0. The summed E-state index contributed by atoms with van der Waals surface area (Å²) in [7, 11) is 0. The minimum Gasteiger partial charge on any atom is -0.381 e. The minimum atomic E-state index is 0.450. The molecule has 0 spiro atoms. The SMILES string of the molecule is CC(CCCN)CNCC1(C)CCOCC1. The van der Waals surface area contributed by atoms with Gasteiger partial charge in [-0.3, -0.25) is 0 Å². The van der Waals surface area contributed by atoms with Gasteiger partial charge in [-0.25, -0.2) is 0 Å². The second-order valence-electron chi connectivity index (χ2n) is 5.59. The Morgan fingerprint density at radius 3 is 2.69 bits per heavy atom. The van der Waals surface area contributed by atoms with Crippen molar-refractivity contribution in [3.05, 3.63) is 0 Å². The van der Waals surface area contributed by atoms with E-state index in [4.69, 9.17) is 10.5 Å². The molecule has 1 unspecified atom stereocenters. The fraction of sp³-hybridized carbons (Fsp3) is 1.00. The van der Waals surface area contributed by atoms with Gasteiger partial charge in [0.15, 0.2) is 0 Å². The highest BCUT2D eigenvalue weighted by atomic mass is 16.5. The summed E-state index contributed by atoms with van der Waals surface area (Å²) in [5.74, 6) is 0.743. The largest absolute Gasteiger partial charge is 0.381 e. The number of nitrogens with two attached hydrogens (primary N) is 1. The summed E-state index contributed by atoms with van der Waals surface area (Å²) in [6.07, 6.45) is 4.77. The Labute approximate surface area is 100 Å². The van der Waals surface area contributed by atoms with Crippen LogP contribution in [0.2, 0.25) is 0 Å². The highest BCUT2D eigenvalue weighted by Gasteiger charge is 2.26. The lowest BCUT2D eigenvalue weighted by Gasteiger charge is -2.34. The summed E-state index contributed by atoms with van der Waals surface area (Å²) in [4.78, 5) is 0. The maximum atomic E-state index is 5.51. The third-order valence-corrected chi connectivity index (χ3v) is 3.65. The molecule has 0 bridgehead atoms. The Morgan fingerprint density at radius 1 is 1.38 bits per heavy atom. The molecule has 1 saturated heterocycles. The van der Waals surface area contributed by atoms with Gasteiger partial charge in [0, 0.05) is 19.8 Å². The zero-order valence-corrected chi connectivity index (χ0v) is 10.9. The number of rotatable bonds is 7. The fourth-order valence-electron chi connectivity index (χ4n) is 2.23. The molecule has 0 aromatic carbocycles. The monoisotopic (exact) mass is 228 g/mol. The Bertz CT molecular complexity index is 179. The standard InChI is InChI=1S/C13H28N2O/c1-12(4-3-7-14)10-15-11-13(2)5-8-16-9-6-13/h12,15H,3-11,14H2,1-2H3. The molecule has 3 N–H and O–H groups in total. The third-order valence-electron chi connectivity index (χ3n) is 3.65. The lowest BCUT2D eigenvalue weighted by molar-refractivity contribution is 0.0238. The van der Waals surface area contributed by atoms with Gasteiger partial charge in [-0.1, -0.05) is 13.8 Å². The van der Waals surface area contributed by atoms with Crippen LogP contribution in [0.25, 0.3) is 0 Å². The zero-order chi connectivity index (χ0) is 11.9. The lowest BCUT2D eigenvalue weighted by atomic mass is 9.82. The Balaban J connectivity index is 2.09. The van der Waals surface area contributed by atoms with Crippen molar-refractivity contribution < 1.29 is 4.74 Å². The van der Waals surface area contributed by atoms with E-state index < -0.39 is 0 Å². The maximum Gasteiger partial charge on any atom is 0.0471 e. The first-order chi connectivity index (χ1) is 7.66. The van der Waals surface area contributed by atoms with Crippen LogP contribution in [0, 0.1) is 11.3 Å². The maximum absolute atomic E-state index is 5.51. The van der Waals surface area contributed by atoms with Gasteiger partial charge >= 0.3 is 0 Å². The second-order valence-corrected chi connectivity index (χ2v) is 5.59. The van der Waals surface area contributed by atoms with Gasteiger partial charge in [-0.15, -0.1) is 0 Å². The molecule has 3 heteroatoms. The van der Waals surface area contributed by atoms with E-state index in [-0.39, 0.29) is 0 Å². The van der Waals surface area contributed by atoms with E-state index in [2.05, 4.69) is 19.2 Å². The summed E-state index contributed by atoms with van der Waals surface area (Å²) in [5.41, 5.74) is 5.96. The van der Waals surface area contributed by atoms with E-state index in [1.165, 1.54) is 19.3 Å².